The van der Waals surface area contributed by atoms with Crippen LogP contribution >= 0.6 is 0 Å². The molecule has 0 bridgehead atoms. The van der Waals surface area contributed by atoms with E-state index in [1.807, 2.05) is 36.2 Å². The predicted molar refractivity (Wildman–Crippen MR) is 80.0 cm³/mol. The lowest BCUT2D eigenvalue weighted by atomic mass is 10.2. The fourth-order valence-corrected chi connectivity index (χ4v) is 2.47. The highest BCUT2D eigenvalue weighted by molar-refractivity contribution is 5.82. The van der Waals surface area contributed by atoms with Crippen LogP contribution < -0.4 is 4.90 Å². The molecule has 0 aliphatic heterocycles. The zero-order chi connectivity index (χ0) is 14.2. The molecule has 3 aromatic heterocycles. The molecule has 0 radical (unpaired) electrons. The molecule has 4 aromatic rings. The third-order valence-electron chi connectivity index (χ3n) is 3.43. The van der Waals surface area contributed by atoms with Crippen molar-refractivity contribution in [3.8, 4) is 0 Å². The second kappa shape index (κ2) is 4.59. The van der Waals surface area contributed by atoms with Crippen LogP contribution in [0, 0.1) is 0 Å². The first-order valence-electron chi connectivity index (χ1n) is 6.64. The van der Waals surface area contributed by atoms with Crippen molar-refractivity contribution in [2.24, 2.45) is 0 Å². The van der Waals surface area contributed by atoms with Crippen molar-refractivity contribution in [2.45, 2.75) is 6.54 Å². The Balaban J connectivity index is 1.68. The highest BCUT2D eigenvalue weighted by Gasteiger charge is 2.12. The third-order valence-corrected chi connectivity index (χ3v) is 3.43. The molecule has 0 aliphatic rings. The Morgan fingerprint density at radius 3 is 3.00 bits per heavy atom. The molecule has 0 spiro atoms. The molecule has 0 saturated carbocycles. The summed E-state index contributed by atoms with van der Waals surface area (Å²) in [5.41, 5.74) is 2.39. The lowest BCUT2D eigenvalue weighted by Crippen LogP contribution is -2.17. The van der Waals surface area contributed by atoms with Gasteiger partial charge in [0.25, 0.3) is 0 Å². The number of imidazole rings is 1. The highest BCUT2D eigenvalue weighted by atomic mass is 16.3. The normalized spacial score (nSPS) is 11.3. The number of rotatable bonds is 3. The number of anilines is 1. The summed E-state index contributed by atoms with van der Waals surface area (Å²) >= 11 is 0. The van der Waals surface area contributed by atoms with Crippen LogP contribution in [-0.2, 0) is 6.54 Å². The van der Waals surface area contributed by atoms with Crippen molar-refractivity contribution >= 4 is 28.0 Å². The topological polar surface area (TPSA) is 70.8 Å². The van der Waals surface area contributed by atoms with Gasteiger partial charge in [-0.05, 0) is 12.1 Å². The number of nitrogens with one attached hydrogen (secondary N) is 1. The lowest BCUT2D eigenvalue weighted by molar-refractivity contribution is 0.545. The van der Waals surface area contributed by atoms with Gasteiger partial charge in [0.15, 0.2) is 11.5 Å². The minimum atomic E-state index is 0.625. The molecule has 6 nitrogen and oxygen atoms in total. The van der Waals surface area contributed by atoms with E-state index in [0.717, 1.165) is 28.1 Å². The lowest BCUT2D eigenvalue weighted by Gasteiger charge is -2.16. The first-order valence-corrected chi connectivity index (χ1v) is 6.64. The summed E-state index contributed by atoms with van der Waals surface area (Å²) in [6.45, 7) is 0.625. The van der Waals surface area contributed by atoms with Crippen LogP contribution in [0.2, 0.25) is 0 Å². The van der Waals surface area contributed by atoms with Gasteiger partial charge in [0.2, 0.25) is 0 Å². The van der Waals surface area contributed by atoms with Crippen LogP contribution in [0.3, 0.4) is 0 Å². The molecule has 0 unspecified atom stereocenters. The number of benzene rings is 1. The van der Waals surface area contributed by atoms with E-state index in [1.165, 1.54) is 6.33 Å². The number of aromatic nitrogens is 4. The van der Waals surface area contributed by atoms with Crippen molar-refractivity contribution in [1.29, 1.82) is 0 Å². The van der Waals surface area contributed by atoms with Gasteiger partial charge in [0, 0.05) is 12.4 Å². The average Bonchev–Trinajstić information content (AvgIpc) is 3.12. The number of furan rings is 1. The van der Waals surface area contributed by atoms with Crippen LogP contribution in [0.1, 0.15) is 5.76 Å². The van der Waals surface area contributed by atoms with Crippen LogP contribution in [0.25, 0.3) is 22.1 Å². The largest absolute Gasteiger partial charge is 0.459 e. The standard InChI is InChI=1S/C15H13N5O/c1-20(15-13-14(17-8-16-13)18-9-19-15)7-11-6-10-4-2-3-5-12(10)21-11/h2-6,8-9H,7H2,1H3,(H,16,17,18,19). The summed E-state index contributed by atoms with van der Waals surface area (Å²) in [4.78, 5) is 17.7. The minimum absolute atomic E-state index is 0.625. The molecule has 6 heteroatoms. The van der Waals surface area contributed by atoms with Crippen LogP contribution in [0.5, 0.6) is 0 Å². The average molecular weight is 279 g/mol. The van der Waals surface area contributed by atoms with Crippen LogP contribution in [-0.4, -0.2) is 27.0 Å². The summed E-state index contributed by atoms with van der Waals surface area (Å²) in [7, 11) is 1.97. The highest BCUT2D eigenvalue weighted by Crippen LogP contribution is 2.23. The molecule has 3 heterocycles. The summed E-state index contributed by atoms with van der Waals surface area (Å²) < 4.78 is 5.84. The number of para-hydroxylation sites is 1. The van der Waals surface area contributed by atoms with E-state index in [0.29, 0.717) is 12.2 Å². The van der Waals surface area contributed by atoms with E-state index < -0.39 is 0 Å². The van der Waals surface area contributed by atoms with E-state index >= 15 is 0 Å². The zero-order valence-corrected chi connectivity index (χ0v) is 11.4. The molecule has 104 valence electrons. The second-order valence-corrected chi connectivity index (χ2v) is 4.91. The number of aromatic amines is 1. The summed E-state index contributed by atoms with van der Waals surface area (Å²) in [5, 5.41) is 1.11. The maximum absolute atomic E-state index is 5.84. The van der Waals surface area contributed by atoms with Crippen LogP contribution in [0.15, 0.2) is 47.4 Å². The Morgan fingerprint density at radius 1 is 1.19 bits per heavy atom. The van der Waals surface area contributed by atoms with Gasteiger partial charge in [0.05, 0.1) is 12.9 Å². The van der Waals surface area contributed by atoms with E-state index in [2.05, 4.69) is 26.0 Å². The van der Waals surface area contributed by atoms with Gasteiger partial charge in [-0.25, -0.2) is 15.0 Å². The fraction of sp³-hybridized carbons (Fsp3) is 0.133. The Bertz CT molecular complexity index is 877. The molecule has 1 aromatic carbocycles. The first kappa shape index (κ1) is 11.9. The molecular weight excluding hydrogens is 266 g/mol. The van der Waals surface area contributed by atoms with E-state index in [9.17, 15) is 0 Å². The molecule has 0 amide bonds. The number of hydrogen-bond donors (Lipinski definition) is 1. The number of nitrogens with zero attached hydrogens (tertiary/aromatic N) is 4. The maximum atomic E-state index is 5.84. The van der Waals surface area contributed by atoms with Gasteiger partial charge < -0.3 is 14.3 Å². The Morgan fingerprint density at radius 2 is 2.10 bits per heavy atom. The monoisotopic (exact) mass is 279 g/mol. The Kier molecular flexibility index (Phi) is 2.60. The Labute approximate surface area is 120 Å². The predicted octanol–water partition coefficient (Wildman–Crippen LogP) is 2.74. The van der Waals surface area contributed by atoms with Gasteiger partial charge in [-0.3, -0.25) is 0 Å². The molecule has 21 heavy (non-hydrogen) atoms. The fourth-order valence-electron chi connectivity index (χ4n) is 2.47. The molecular formula is C15H13N5O. The van der Waals surface area contributed by atoms with Crippen molar-refractivity contribution in [3.05, 3.63) is 48.7 Å². The summed E-state index contributed by atoms with van der Waals surface area (Å²) in [6, 6.07) is 10.0. The Hall–Kier alpha value is -2.89. The van der Waals surface area contributed by atoms with Crippen molar-refractivity contribution in [3.63, 3.8) is 0 Å². The van der Waals surface area contributed by atoms with Crippen LogP contribution in [0.4, 0.5) is 5.82 Å². The number of fused-ring (bicyclic) bond motifs is 2. The minimum Gasteiger partial charge on any atom is -0.459 e. The molecule has 0 saturated heterocycles. The van der Waals surface area contributed by atoms with Crippen molar-refractivity contribution in [2.75, 3.05) is 11.9 Å². The molecule has 4 rings (SSSR count). The van der Waals surface area contributed by atoms with Gasteiger partial charge in [-0.1, -0.05) is 18.2 Å². The van der Waals surface area contributed by atoms with Crippen molar-refractivity contribution in [1.82, 2.24) is 19.9 Å². The zero-order valence-electron chi connectivity index (χ0n) is 11.4. The summed E-state index contributed by atoms with van der Waals surface area (Å²) in [6.07, 6.45) is 3.14. The summed E-state index contributed by atoms with van der Waals surface area (Å²) in [5.74, 6) is 1.70. The molecule has 0 fully saturated rings. The molecule has 0 atom stereocenters. The van der Waals surface area contributed by atoms with Gasteiger partial charge >= 0.3 is 0 Å². The third kappa shape index (κ3) is 2.01. The number of hydrogen-bond acceptors (Lipinski definition) is 5. The van der Waals surface area contributed by atoms with E-state index in [1.54, 1.807) is 6.33 Å². The first-order chi connectivity index (χ1) is 10.3. The molecule has 1 N–H and O–H groups in total. The van der Waals surface area contributed by atoms with Crippen molar-refractivity contribution < 1.29 is 4.42 Å². The van der Waals surface area contributed by atoms with Gasteiger partial charge in [-0.15, -0.1) is 0 Å². The molecule has 0 aliphatic carbocycles. The van der Waals surface area contributed by atoms with E-state index in [4.69, 9.17) is 4.42 Å². The quantitative estimate of drug-likeness (QED) is 0.624. The smallest absolute Gasteiger partial charge is 0.182 e. The maximum Gasteiger partial charge on any atom is 0.182 e. The van der Waals surface area contributed by atoms with Gasteiger partial charge in [-0.2, -0.15) is 0 Å². The van der Waals surface area contributed by atoms with E-state index in [-0.39, 0.29) is 0 Å². The number of H-pyrrole nitrogens is 1. The second-order valence-electron chi connectivity index (χ2n) is 4.91. The van der Waals surface area contributed by atoms with Gasteiger partial charge in [0.1, 0.15) is 23.2 Å². The SMILES string of the molecule is CN(Cc1cc2ccccc2o1)c1ncnc2nc[nH]c12.